The third-order valence-corrected chi connectivity index (χ3v) is 5.52. The molecule has 0 aliphatic heterocycles. The second kappa shape index (κ2) is 8.89. The van der Waals surface area contributed by atoms with Gasteiger partial charge in [0.2, 0.25) is 11.7 Å². The molecule has 2 amide bonds. The van der Waals surface area contributed by atoms with E-state index in [2.05, 4.69) is 30.6 Å². The molecule has 10 heteroatoms. The first-order chi connectivity index (χ1) is 14.6. The molecule has 0 fully saturated rings. The van der Waals surface area contributed by atoms with Gasteiger partial charge in [-0.3, -0.25) is 14.9 Å². The molecule has 4 aromatic rings. The van der Waals surface area contributed by atoms with E-state index in [1.165, 1.54) is 23.7 Å². The average molecular weight is 437 g/mol. The molecule has 0 radical (unpaired) electrons. The topological polar surface area (TPSA) is 110 Å². The molecule has 1 aromatic carbocycles. The van der Waals surface area contributed by atoms with Crippen LogP contribution in [0.4, 0.5) is 10.8 Å². The molecule has 3 heterocycles. The van der Waals surface area contributed by atoms with Crippen molar-refractivity contribution < 1.29 is 9.59 Å². The number of carbonyl (C=O) groups excluding carboxylic acids is 2. The highest BCUT2D eigenvalue weighted by Crippen LogP contribution is 2.24. The lowest BCUT2D eigenvalue weighted by Crippen LogP contribution is -2.16. The van der Waals surface area contributed by atoms with Crippen LogP contribution in [0.15, 0.2) is 53.5 Å². The van der Waals surface area contributed by atoms with Crippen LogP contribution in [0.3, 0.4) is 0 Å². The molecule has 0 aliphatic rings. The Bertz CT molecular complexity index is 1190. The van der Waals surface area contributed by atoms with E-state index < -0.39 is 5.91 Å². The number of anilines is 2. The van der Waals surface area contributed by atoms with Gasteiger partial charge in [-0.2, -0.15) is 0 Å². The van der Waals surface area contributed by atoms with Crippen LogP contribution < -0.4 is 10.6 Å². The minimum atomic E-state index is -0.449. The highest BCUT2D eigenvalue weighted by Gasteiger charge is 2.13. The first-order valence-corrected chi connectivity index (χ1v) is 10.7. The Morgan fingerprint density at radius 2 is 1.83 bits per heavy atom. The summed E-state index contributed by atoms with van der Waals surface area (Å²) < 4.78 is 0. The Kier molecular flexibility index (Phi) is 5.87. The van der Waals surface area contributed by atoms with Crippen LogP contribution in [0, 0.1) is 6.92 Å². The lowest BCUT2D eigenvalue weighted by Gasteiger charge is -2.06. The molecule has 8 nitrogen and oxygen atoms in total. The number of amides is 2. The van der Waals surface area contributed by atoms with Gasteiger partial charge in [0.25, 0.3) is 5.91 Å². The van der Waals surface area contributed by atoms with Crippen LogP contribution in [0.5, 0.6) is 0 Å². The van der Waals surface area contributed by atoms with Gasteiger partial charge in [-0.15, -0.1) is 22.7 Å². The van der Waals surface area contributed by atoms with E-state index >= 15 is 0 Å². The number of hydrogen-bond donors (Lipinski definition) is 2. The van der Waals surface area contributed by atoms with Gasteiger partial charge in [0.1, 0.15) is 0 Å². The van der Waals surface area contributed by atoms with E-state index in [0.29, 0.717) is 16.5 Å². The van der Waals surface area contributed by atoms with Gasteiger partial charge in [0.05, 0.1) is 22.8 Å². The van der Waals surface area contributed by atoms with Crippen LogP contribution >= 0.6 is 22.7 Å². The number of hydrogen-bond acceptors (Lipinski definition) is 8. The van der Waals surface area contributed by atoms with Crippen molar-refractivity contribution in [3.8, 4) is 11.3 Å². The maximum atomic E-state index is 12.4. The summed E-state index contributed by atoms with van der Waals surface area (Å²) in [6.07, 6.45) is 3.07. The van der Waals surface area contributed by atoms with E-state index in [9.17, 15) is 9.59 Å². The van der Waals surface area contributed by atoms with Gasteiger partial charge in [-0.25, -0.2) is 19.9 Å². The van der Waals surface area contributed by atoms with E-state index in [-0.39, 0.29) is 18.2 Å². The lowest BCUT2D eigenvalue weighted by molar-refractivity contribution is -0.115. The molecule has 0 spiro atoms. The van der Waals surface area contributed by atoms with Gasteiger partial charge < -0.3 is 5.32 Å². The predicted octanol–water partition coefficient (Wildman–Crippen LogP) is 3.80. The van der Waals surface area contributed by atoms with E-state index in [1.807, 2.05) is 36.6 Å². The van der Waals surface area contributed by atoms with Gasteiger partial charge in [0.15, 0.2) is 5.13 Å². The third kappa shape index (κ3) is 4.91. The summed E-state index contributed by atoms with van der Waals surface area (Å²) in [5.41, 5.74) is 3.08. The van der Waals surface area contributed by atoms with Crippen molar-refractivity contribution in [3.63, 3.8) is 0 Å². The van der Waals surface area contributed by atoms with Crippen molar-refractivity contribution in [2.24, 2.45) is 0 Å². The quantitative estimate of drug-likeness (QED) is 0.476. The average Bonchev–Trinajstić information content (AvgIpc) is 3.37. The first-order valence-electron chi connectivity index (χ1n) is 8.92. The summed E-state index contributed by atoms with van der Waals surface area (Å²) in [5, 5.41) is 10.6. The van der Waals surface area contributed by atoms with Gasteiger partial charge in [0, 0.05) is 34.4 Å². The van der Waals surface area contributed by atoms with Crippen molar-refractivity contribution >= 4 is 45.3 Å². The number of benzene rings is 1. The fourth-order valence-electron chi connectivity index (χ4n) is 2.64. The molecule has 30 heavy (non-hydrogen) atoms. The number of rotatable bonds is 6. The van der Waals surface area contributed by atoms with E-state index in [4.69, 9.17) is 0 Å². The number of nitrogens with one attached hydrogen (secondary N) is 2. The lowest BCUT2D eigenvalue weighted by atomic mass is 10.1. The van der Waals surface area contributed by atoms with Gasteiger partial charge in [-0.05, 0) is 25.1 Å². The molecular weight excluding hydrogens is 420 g/mol. The molecule has 0 aliphatic carbocycles. The van der Waals surface area contributed by atoms with Gasteiger partial charge >= 0.3 is 0 Å². The standard InChI is InChI=1S/C20H16N6O2S2/c1-12-23-16(11-29-12)13-4-2-5-14(8-13)24-17(27)9-15-10-30-20(25-15)26-19(28)18-21-6-3-7-22-18/h2-8,10-11H,9H2,1H3,(H,24,27)(H,25,26,28). The molecule has 0 atom stereocenters. The Hall–Kier alpha value is -3.50. The molecule has 150 valence electrons. The smallest absolute Gasteiger partial charge is 0.295 e. The second-order valence-corrected chi connectivity index (χ2v) is 8.15. The minimum absolute atomic E-state index is 0.0576. The highest BCUT2D eigenvalue weighted by molar-refractivity contribution is 7.14. The summed E-state index contributed by atoms with van der Waals surface area (Å²) in [6.45, 7) is 1.96. The summed E-state index contributed by atoms with van der Waals surface area (Å²) in [5.74, 6) is -0.589. The van der Waals surface area contributed by atoms with Crippen LogP contribution in [0.1, 0.15) is 21.3 Å². The van der Waals surface area contributed by atoms with Crippen LogP contribution in [-0.2, 0) is 11.2 Å². The summed E-state index contributed by atoms with van der Waals surface area (Å²) in [6, 6.07) is 9.17. The SMILES string of the molecule is Cc1nc(-c2cccc(NC(=O)Cc3csc(NC(=O)c4ncccn4)n3)c2)cs1. The maximum absolute atomic E-state index is 12.4. The maximum Gasteiger partial charge on any atom is 0.295 e. The second-order valence-electron chi connectivity index (χ2n) is 6.23. The highest BCUT2D eigenvalue weighted by atomic mass is 32.1. The van der Waals surface area contributed by atoms with Crippen LogP contribution in [-0.4, -0.2) is 31.8 Å². The van der Waals surface area contributed by atoms with E-state index in [1.54, 1.807) is 22.8 Å². The minimum Gasteiger partial charge on any atom is -0.326 e. The van der Waals surface area contributed by atoms with Crippen molar-refractivity contribution in [2.75, 3.05) is 10.6 Å². The Morgan fingerprint density at radius 1 is 1.00 bits per heavy atom. The molecule has 4 rings (SSSR count). The fraction of sp³-hybridized carbons (Fsp3) is 0.100. The molecule has 2 N–H and O–H groups in total. The molecule has 0 saturated heterocycles. The van der Waals surface area contributed by atoms with Gasteiger partial charge in [-0.1, -0.05) is 12.1 Å². The fourth-order valence-corrected chi connectivity index (χ4v) is 3.96. The molecule has 0 bridgehead atoms. The van der Waals surface area contributed by atoms with Crippen molar-refractivity contribution in [3.05, 3.63) is 70.0 Å². The number of aromatic nitrogens is 4. The molecule has 0 unspecified atom stereocenters. The zero-order valence-corrected chi connectivity index (χ0v) is 17.5. The molecule has 3 aromatic heterocycles. The summed E-state index contributed by atoms with van der Waals surface area (Å²) >= 11 is 2.82. The monoisotopic (exact) mass is 436 g/mol. The number of thiazole rings is 2. The van der Waals surface area contributed by atoms with Crippen LogP contribution in [0.2, 0.25) is 0 Å². The largest absolute Gasteiger partial charge is 0.326 e. The summed E-state index contributed by atoms with van der Waals surface area (Å²) in [7, 11) is 0. The normalized spacial score (nSPS) is 10.6. The van der Waals surface area contributed by atoms with Crippen molar-refractivity contribution in [1.82, 2.24) is 19.9 Å². The zero-order valence-electron chi connectivity index (χ0n) is 15.8. The predicted molar refractivity (Wildman–Crippen MR) is 117 cm³/mol. The first kappa shape index (κ1) is 19.8. The zero-order chi connectivity index (χ0) is 20.9. The van der Waals surface area contributed by atoms with E-state index in [0.717, 1.165) is 16.3 Å². The molecular formula is C20H16N6O2S2. The number of nitrogens with zero attached hydrogens (tertiary/aromatic N) is 4. The third-order valence-electron chi connectivity index (χ3n) is 3.94. The Morgan fingerprint density at radius 3 is 2.60 bits per heavy atom. The Balaban J connectivity index is 1.36. The molecule has 0 saturated carbocycles. The number of aryl methyl sites for hydroxylation is 1. The Labute approximate surface area is 180 Å². The van der Waals surface area contributed by atoms with Crippen LogP contribution in [0.25, 0.3) is 11.3 Å². The van der Waals surface area contributed by atoms with Crippen molar-refractivity contribution in [2.45, 2.75) is 13.3 Å². The number of carbonyl (C=O) groups is 2. The van der Waals surface area contributed by atoms with Crippen molar-refractivity contribution in [1.29, 1.82) is 0 Å². The summed E-state index contributed by atoms with van der Waals surface area (Å²) in [4.78, 5) is 41.0.